The highest BCUT2D eigenvalue weighted by atomic mass is 16.2. The molecule has 1 aromatic rings. The summed E-state index contributed by atoms with van der Waals surface area (Å²) >= 11 is 0. The van der Waals surface area contributed by atoms with Crippen molar-refractivity contribution < 1.29 is 9.90 Å². The van der Waals surface area contributed by atoms with E-state index in [2.05, 4.69) is 11.8 Å². The Morgan fingerprint density at radius 3 is 2.55 bits per heavy atom. The summed E-state index contributed by atoms with van der Waals surface area (Å²) in [6.45, 7) is 3.50. The minimum Gasteiger partial charge on any atom is -0.384 e. The van der Waals surface area contributed by atoms with Crippen LogP contribution in [0.1, 0.15) is 47.2 Å². The van der Waals surface area contributed by atoms with Gasteiger partial charge in [-0.15, -0.1) is 0 Å². The number of amides is 1. The van der Waals surface area contributed by atoms with Crippen molar-refractivity contribution in [1.29, 1.82) is 0 Å². The number of aliphatic hydroxyl groups is 1. The van der Waals surface area contributed by atoms with Crippen molar-refractivity contribution in [2.45, 2.75) is 32.6 Å². The normalized spacial score (nSPS) is 15.2. The van der Waals surface area contributed by atoms with Crippen molar-refractivity contribution in [1.82, 2.24) is 4.90 Å². The Morgan fingerprint density at radius 1 is 1.20 bits per heavy atom. The van der Waals surface area contributed by atoms with Crippen LogP contribution < -0.4 is 0 Å². The lowest BCUT2D eigenvalue weighted by atomic mass is 10.1. The van der Waals surface area contributed by atoms with Gasteiger partial charge in [-0.25, -0.2) is 0 Å². The number of aliphatic hydroxyl groups excluding tert-OH is 1. The molecule has 1 aromatic carbocycles. The summed E-state index contributed by atoms with van der Waals surface area (Å²) < 4.78 is 0. The van der Waals surface area contributed by atoms with Crippen LogP contribution >= 0.6 is 0 Å². The summed E-state index contributed by atoms with van der Waals surface area (Å²) in [6, 6.07) is 5.67. The smallest absolute Gasteiger partial charge is 0.253 e. The highest BCUT2D eigenvalue weighted by Crippen LogP contribution is 2.15. The molecule has 3 heteroatoms. The average Bonchev–Trinajstić information content (AvgIpc) is 2.72. The van der Waals surface area contributed by atoms with Crippen LogP contribution in [0, 0.1) is 18.8 Å². The maximum absolute atomic E-state index is 12.6. The molecule has 1 aliphatic heterocycles. The predicted molar refractivity (Wildman–Crippen MR) is 79.5 cm³/mol. The SMILES string of the molecule is Cc1cc(C#CCO)cc(C(=O)N2CCCCCC2)c1. The molecule has 3 nitrogen and oxygen atoms in total. The number of hydrogen-bond donors (Lipinski definition) is 1. The number of aryl methyl sites for hydroxylation is 1. The molecule has 0 atom stereocenters. The molecular formula is C17H21NO2. The molecule has 1 aliphatic rings. The zero-order chi connectivity index (χ0) is 14.4. The number of nitrogens with zero attached hydrogens (tertiary/aromatic N) is 1. The van der Waals surface area contributed by atoms with E-state index >= 15 is 0 Å². The molecule has 1 heterocycles. The van der Waals surface area contributed by atoms with Crippen molar-refractivity contribution in [3.63, 3.8) is 0 Å². The van der Waals surface area contributed by atoms with E-state index in [0.29, 0.717) is 5.56 Å². The van der Waals surface area contributed by atoms with Crippen LogP contribution in [0.2, 0.25) is 0 Å². The van der Waals surface area contributed by atoms with Crippen molar-refractivity contribution in [3.05, 3.63) is 34.9 Å². The lowest BCUT2D eigenvalue weighted by molar-refractivity contribution is 0.0761. The van der Waals surface area contributed by atoms with E-state index in [4.69, 9.17) is 5.11 Å². The van der Waals surface area contributed by atoms with Crippen LogP contribution in [-0.4, -0.2) is 35.6 Å². The van der Waals surface area contributed by atoms with E-state index in [9.17, 15) is 4.79 Å². The number of hydrogen-bond acceptors (Lipinski definition) is 2. The highest BCUT2D eigenvalue weighted by Gasteiger charge is 2.17. The molecule has 1 N–H and O–H groups in total. The number of likely N-dealkylation sites (tertiary alicyclic amines) is 1. The Bertz CT molecular complexity index is 532. The molecule has 0 radical (unpaired) electrons. The first kappa shape index (κ1) is 14.6. The second-order valence-corrected chi connectivity index (χ2v) is 5.25. The van der Waals surface area contributed by atoms with Crippen LogP contribution in [0.15, 0.2) is 18.2 Å². The van der Waals surface area contributed by atoms with Crippen LogP contribution in [0.3, 0.4) is 0 Å². The van der Waals surface area contributed by atoms with Gasteiger partial charge in [0.05, 0.1) is 0 Å². The molecule has 1 saturated heterocycles. The Hall–Kier alpha value is -1.79. The Kier molecular flexibility index (Phi) is 5.20. The van der Waals surface area contributed by atoms with E-state index in [-0.39, 0.29) is 12.5 Å². The topological polar surface area (TPSA) is 40.5 Å². The zero-order valence-electron chi connectivity index (χ0n) is 12.0. The molecule has 2 rings (SSSR count). The lowest BCUT2D eigenvalue weighted by Gasteiger charge is -2.20. The first-order valence-electron chi connectivity index (χ1n) is 7.21. The standard InChI is InChI=1S/C17H21NO2/c1-14-11-15(7-6-10-19)13-16(12-14)17(20)18-8-4-2-3-5-9-18/h11-13,19H,2-5,8-10H2,1H3. The first-order valence-corrected chi connectivity index (χ1v) is 7.21. The van der Waals surface area contributed by atoms with E-state index in [1.54, 1.807) is 0 Å². The molecule has 0 aromatic heterocycles. The minimum absolute atomic E-state index is 0.0997. The number of carbonyl (C=O) groups is 1. The van der Waals surface area contributed by atoms with Gasteiger partial charge in [0.2, 0.25) is 0 Å². The third-order valence-electron chi connectivity index (χ3n) is 3.53. The predicted octanol–water partition coefficient (Wildman–Crippen LogP) is 2.36. The fourth-order valence-corrected chi connectivity index (χ4v) is 2.58. The van der Waals surface area contributed by atoms with Gasteiger partial charge in [0.15, 0.2) is 0 Å². The Balaban J connectivity index is 2.22. The van der Waals surface area contributed by atoms with Gasteiger partial charge < -0.3 is 10.0 Å². The second kappa shape index (κ2) is 7.12. The average molecular weight is 271 g/mol. The summed E-state index contributed by atoms with van der Waals surface area (Å²) in [4.78, 5) is 14.5. The van der Waals surface area contributed by atoms with Gasteiger partial charge in [-0.1, -0.05) is 24.7 Å². The molecule has 0 saturated carbocycles. The fourth-order valence-electron chi connectivity index (χ4n) is 2.58. The summed E-state index contributed by atoms with van der Waals surface area (Å²) in [7, 11) is 0. The molecule has 0 unspecified atom stereocenters. The third kappa shape index (κ3) is 3.85. The molecule has 1 amide bonds. The monoisotopic (exact) mass is 271 g/mol. The number of carbonyl (C=O) groups excluding carboxylic acids is 1. The van der Waals surface area contributed by atoms with Crippen molar-refractivity contribution in [3.8, 4) is 11.8 Å². The molecule has 20 heavy (non-hydrogen) atoms. The quantitative estimate of drug-likeness (QED) is 0.797. The summed E-state index contributed by atoms with van der Waals surface area (Å²) in [6.07, 6.45) is 4.61. The van der Waals surface area contributed by atoms with Crippen LogP contribution in [0.4, 0.5) is 0 Å². The molecular weight excluding hydrogens is 250 g/mol. The maximum atomic E-state index is 12.6. The van der Waals surface area contributed by atoms with Gasteiger partial charge >= 0.3 is 0 Å². The van der Waals surface area contributed by atoms with Crippen molar-refractivity contribution in [2.75, 3.05) is 19.7 Å². The van der Waals surface area contributed by atoms with Crippen molar-refractivity contribution in [2.24, 2.45) is 0 Å². The molecule has 0 aliphatic carbocycles. The van der Waals surface area contributed by atoms with Crippen LogP contribution in [0.5, 0.6) is 0 Å². The first-order chi connectivity index (χ1) is 9.70. The van der Waals surface area contributed by atoms with Gasteiger partial charge in [-0.05, 0) is 43.5 Å². The van der Waals surface area contributed by atoms with Gasteiger partial charge in [0.25, 0.3) is 5.91 Å². The Morgan fingerprint density at radius 2 is 1.90 bits per heavy atom. The fraction of sp³-hybridized carbons (Fsp3) is 0.471. The summed E-state index contributed by atoms with van der Waals surface area (Å²) in [5.41, 5.74) is 2.51. The summed E-state index contributed by atoms with van der Waals surface area (Å²) in [5, 5.41) is 8.76. The van der Waals surface area contributed by atoms with Gasteiger partial charge in [0.1, 0.15) is 6.61 Å². The highest BCUT2D eigenvalue weighted by molar-refractivity contribution is 5.94. The minimum atomic E-state index is -0.163. The second-order valence-electron chi connectivity index (χ2n) is 5.25. The van der Waals surface area contributed by atoms with E-state index in [1.807, 2.05) is 30.0 Å². The van der Waals surface area contributed by atoms with Crippen LogP contribution in [0.25, 0.3) is 0 Å². The van der Waals surface area contributed by atoms with E-state index in [1.165, 1.54) is 12.8 Å². The summed E-state index contributed by atoms with van der Waals surface area (Å²) in [5.74, 6) is 5.60. The maximum Gasteiger partial charge on any atom is 0.253 e. The molecule has 0 spiro atoms. The third-order valence-corrected chi connectivity index (χ3v) is 3.53. The van der Waals surface area contributed by atoms with Crippen LogP contribution in [-0.2, 0) is 0 Å². The zero-order valence-corrected chi connectivity index (χ0v) is 12.0. The molecule has 1 fully saturated rings. The van der Waals surface area contributed by atoms with Crippen molar-refractivity contribution >= 4 is 5.91 Å². The van der Waals surface area contributed by atoms with Gasteiger partial charge in [-0.3, -0.25) is 4.79 Å². The molecule has 106 valence electrons. The van der Waals surface area contributed by atoms with E-state index in [0.717, 1.165) is 37.1 Å². The number of rotatable bonds is 1. The number of benzene rings is 1. The van der Waals surface area contributed by atoms with Gasteiger partial charge in [0, 0.05) is 24.2 Å². The van der Waals surface area contributed by atoms with E-state index < -0.39 is 0 Å². The molecule has 0 bridgehead atoms. The largest absolute Gasteiger partial charge is 0.384 e. The van der Waals surface area contributed by atoms with Gasteiger partial charge in [-0.2, -0.15) is 0 Å². The Labute approximate surface area is 120 Å². The lowest BCUT2D eigenvalue weighted by Crippen LogP contribution is -2.31.